The van der Waals surface area contributed by atoms with E-state index in [-0.39, 0.29) is 0 Å². The summed E-state index contributed by atoms with van der Waals surface area (Å²) in [6, 6.07) is 0. The van der Waals surface area contributed by atoms with Crippen LogP contribution >= 0.6 is 27.3 Å². The molecule has 1 nitrogen and oxygen atoms in total. The topological polar surface area (TPSA) is 12.9 Å². The molecule has 1 unspecified atom stereocenters. The number of hydrogen-bond donors (Lipinski definition) is 0. The summed E-state index contributed by atoms with van der Waals surface area (Å²) >= 11 is 5.27. The van der Waals surface area contributed by atoms with Crippen molar-refractivity contribution in [1.82, 2.24) is 4.98 Å². The van der Waals surface area contributed by atoms with E-state index in [4.69, 9.17) is 0 Å². The highest BCUT2D eigenvalue weighted by molar-refractivity contribution is 9.09. The zero-order valence-corrected chi connectivity index (χ0v) is 7.65. The predicted molar refractivity (Wildman–Crippen MR) is 47.6 cm³/mol. The maximum absolute atomic E-state index is 4.20. The number of allylic oxidation sites excluding steroid dienone is 1. The van der Waals surface area contributed by atoms with Crippen molar-refractivity contribution in [1.29, 1.82) is 0 Å². The largest absolute Gasteiger partial charge is 0.245 e. The number of alkyl halides is 1. The molecule has 0 aliphatic heterocycles. The van der Waals surface area contributed by atoms with Crippen LogP contribution in [0.1, 0.15) is 10.6 Å². The molecular weight excluding hydrogens is 210 g/mol. The van der Waals surface area contributed by atoms with Crippen LogP contribution < -0.4 is 0 Å². The second-order valence-electron chi connectivity index (χ2n) is 2.24. The van der Waals surface area contributed by atoms with Crippen LogP contribution in [0.4, 0.5) is 0 Å². The lowest BCUT2D eigenvalue weighted by Crippen LogP contribution is -2.02. The predicted octanol–water partition coefficient (Wildman–Crippen LogP) is 2.48. The van der Waals surface area contributed by atoms with Gasteiger partial charge in [-0.05, 0) is 12.5 Å². The summed E-state index contributed by atoms with van der Waals surface area (Å²) in [7, 11) is 0. The maximum atomic E-state index is 4.20. The van der Waals surface area contributed by atoms with E-state index in [9.17, 15) is 0 Å². The highest BCUT2D eigenvalue weighted by Gasteiger charge is 2.12. The van der Waals surface area contributed by atoms with Crippen LogP contribution in [0.15, 0.2) is 11.6 Å². The molecule has 0 saturated carbocycles. The molecule has 1 aliphatic rings. The number of fused-ring (bicyclic) bond motifs is 1. The van der Waals surface area contributed by atoms with Gasteiger partial charge in [0.1, 0.15) is 0 Å². The van der Waals surface area contributed by atoms with E-state index >= 15 is 0 Å². The summed E-state index contributed by atoms with van der Waals surface area (Å²) in [6.07, 6.45) is 5.31. The number of aromatic nitrogens is 1. The first-order chi connectivity index (χ1) is 4.86. The van der Waals surface area contributed by atoms with Crippen molar-refractivity contribution < 1.29 is 0 Å². The third kappa shape index (κ3) is 1.04. The molecule has 10 heavy (non-hydrogen) atoms. The van der Waals surface area contributed by atoms with Crippen molar-refractivity contribution in [3.63, 3.8) is 0 Å². The third-order valence-corrected chi connectivity index (χ3v) is 3.02. The van der Waals surface area contributed by atoms with Gasteiger partial charge in [-0.15, -0.1) is 11.3 Å². The van der Waals surface area contributed by atoms with Crippen LogP contribution in [0.5, 0.6) is 0 Å². The summed E-state index contributed by atoms with van der Waals surface area (Å²) < 4.78 is 0. The molecule has 0 amide bonds. The normalized spacial score (nSPS) is 22.7. The Balaban J connectivity index is 2.43. The fraction of sp³-hybridized carbons (Fsp3) is 0.286. The minimum absolute atomic E-state index is 0.514. The van der Waals surface area contributed by atoms with Gasteiger partial charge in [0, 0.05) is 9.70 Å². The molecular formula is C7H6BrNS. The first-order valence-electron chi connectivity index (χ1n) is 3.11. The molecule has 0 spiro atoms. The van der Waals surface area contributed by atoms with Crippen LogP contribution in [0.25, 0.3) is 6.08 Å². The minimum atomic E-state index is 0.514. The Hall–Kier alpha value is -0.150. The average Bonchev–Trinajstić information content (AvgIpc) is 2.33. The van der Waals surface area contributed by atoms with E-state index in [1.54, 1.807) is 11.3 Å². The third-order valence-electron chi connectivity index (χ3n) is 1.52. The smallest absolute Gasteiger partial charge is 0.0801 e. The molecule has 1 aromatic rings. The Bertz CT molecular complexity index is 266. The lowest BCUT2D eigenvalue weighted by Gasteiger charge is -2.07. The van der Waals surface area contributed by atoms with Crippen LogP contribution in [-0.2, 0) is 6.42 Å². The van der Waals surface area contributed by atoms with Gasteiger partial charge in [0.25, 0.3) is 0 Å². The zero-order valence-electron chi connectivity index (χ0n) is 5.25. The minimum Gasteiger partial charge on any atom is -0.245 e. The Morgan fingerprint density at radius 2 is 2.60 bits per heavy atom. The molecule has 1 aliphatic carbocycles. The van der Waals surface area contributed by atoms with Crippen LogP contribution in [0.2, 0.25) is 0 Å². The van der Waals surface area contributed by atoms with Crippen LogP contribution in [-0.4, -0.2) is 9.81 Å². The van der Waals surface area contributed by atoms with Crippen molar-refractivity contribution in [2.24, 2.45) is 0 Å². The summed E-state index contributed by atoms with van der Waals surface area (Å²) in [6.45, 7) is 0. The lowest BCUT2D eigenvalue weighted by atomic mass is 10.1. The summed E-state index contributed by atoms with van der Waals surface area (Å²) in [5.74, 6) is 0. The standard InChI is InChI=1S/C7H6BrNS/c8-5-1-2-6-7(3-5)10-4-9-6/h1-2,4-5H,3H2. The Morgan fingerprint density at radius 3 is 3.50 bits per heavy atom. The second-order valence-corrected chi connectivity index (χ2v) is 4.36. The molecule has 52 valence electrons. The van der Waals surface area contributed by atoms with Gasteiger partial charge in [-0.25, -0.2) is 4.98 Å². The van der Waals surface area contributed by atoms with Crippen LogP contribution in [0, 0.1) is 0 Å². The molecule has 1 heterocycles. The molecule has 0 saturated heterocycles. The van der Waals surface area contributed by atoms with Gasteiger partial charge in [0.2, 0.25) is 0 Å². The molecule has 2 rings (SSSR count). The van der Waals surface area contributed by atoms with Crippen molar-refractivity contribution in [2.75, 3.05) is 0 Å². The summed E-state index contributed by atoms with van der Waals surface area (Å²) in [5, 5.41) is 0. The Morgan fingerprint density at radius 1 is 1.70 bits per heavy atom. The first kappa shape index (κ1) is 6.55. The number of halogens is 1. The molecule has 3 heteroatoms. The Labute approximate surface area is 71.9 Å². The number of rotatable bonds is 0. The van der Waals surface area contributed by atoms with Gasteiger partial charge in [0.05, 0.1) is 11.2 Å². The highest BCUT2D eigenvalue weighted by atomic mass is 79.9. The monoisotopic (exact) mass is 215 g/mol. The van der Waals surface area contributed by atoms with Gasteiger partial charge in [-0.1, -0.05) is 22.0 Å². The SMILES string of the molecule is BrC1C=Cc2ncsc2C1. The quantitative estimate of drug-likeness (QED) is 0.607. The molecule has 0 radical (unpaired) electrons. The van der Waals surface area contributed by atoms with Crippen LogP contribution in [0.3, 0.4) is 0 Å². The van der Waals surface area contributed by atoms with Crippen molar-refractivity contribution in [3.8, 4) is 0 Å². The van der Waals surface area contributed by atoms with E-state index in [1.165, 1.54) is 4.88 Å². The lowest BCUT2D eigenvalue weighted by molar-refractivity contribution is 1.03. The van der Waals surface area contributed by atoms with E-state index in [0.717, 1.165) is 12.1 Å². The fourth-order valence-electron chi connectivity index (χ4n) is 1.01. The molecule has 1 atom stereocenters. The molecule has 0 aromatic carbocycles. The van der Waals surface area contributed by atoms with Gasteiger partial charge in [-0.3, -0.25) is 0 Å². The van der Waals surface area contributed by atoms with E-state index in [2.05, 4.69) is 33.1 Å². The highest BCUT2D eigenvalue weighted by Crippen LogP contribution is 2.24. The average molecular weight is 216 g/mol. The fourth-order valence-corrected chi connectivity index (χ4v) is 2.51. The van der Waals surface area contributed by atoms with Crippen molar-refractivity contribution in [3.05, 3.63) is 22.2 Å². The molecule has 1 aromatic heterocycles. The zero-order chi connectivity index (χ0) is 6.97. The van der Waals surface area contributed by atoms with E-state index < -0.39 is 0 Å². The molecule has 0 fully saturated rings. The van der Waals surface area contributed by atoms with E-state index in [1.807, 2.05) is 5.51 Å². The first-order valence-corrected chi connectivity index (χ1v) is 4.90. The van der Waals surface area contributed by atoms with Crippen molar-refractivity contribution >= 4 is 33.3 Å². The van der Waals surface area contributed by atoms with E-state index in [0.29, 0.717) is 4.83 Å². The maximum Gasteiger partial charge on any atom is 0.0801 e. The number of nitrogens with zero attached hydrogens (tertiary/aromatic N) is 1. The number of thiazole rings is 1. The second kappa shape index (κ2) is 2.47. The summed E-state index contributed by atoms with van der Waals surface area (Å²) in [4.78, 5) is 6.11. The van der Waals surface area contributed by atoms with Gasteiger partial charge in [-0.2, -0.15) is 0 Å². The van der Waals surface area contributed by atoms with Gasteiger partial charge < -0.3 is 0 Å². The van der Waals surface area contributed by atoms with Gasteiger partial charge in [0.15, 0.2) is 0 Å². The van der Waals surface area contributed by atoms with Gasteiger partial charge >= 0.3 is 0 Å². The molecule has 0 N–H and O–H groups in total. The van der Waals surface area contributed by atoms with Crippen molar-refractivity contribution in [2.45, 2.75) is 11.2 Å². The number of hydrogen-bond acceptors (Lipinski definition) is 2. The molecule has 0 bridgehead atoms. The Kier molecular flexibility index (Phi) is 1.62. The summed E-state index contributed by atoms with van der Waals surface area (Å²) in [5.41, 5.74) is 3.06.